The zero-order chi connectivity index (χ0) is 14.3. The fourth-order valence-electron chi connectivity index (χ4n) is 2.47. The minimum absolute atomic E-state index is 0.329. The molecule has 0 bridgehead atoms. The fourth-order valence-corrected chi connectivity index (χ4v) is 3.85. The lowest BCUT2D eigenvalue weighted by atomic mass is 10.0. The number of halogens is 1. The lowest BCUT2D eigenvalue weighted by molar-refractivity contribution is 0.831. The fraction of sp³-hybridized carbons (Fsp3) is 0.250. The summed E-state index contributed by atoms with van der Waals surface area (Å²) < 4.78 is 1.24. The molecule has 0 spiro atoms. The topological polar surface area (TPSA) is 25.8 Å². The molecule has 102 valence electrons. The van der Waals surface area contributed by atoms with Crippen LogP contribution in [0.5, 0.6) is 0 Å². The van der Waals surface area contributed by atoms with Gasteiger partial charge in [-0.2, -0.15) is 0 Å². The van der Waals surface area contributed by atoms with Crippen LogP contribution in [0.1, 0.15) is 31.0 Å². The van der Waals surface area contributed by atoms with Crippen LogP contribution in [-0.2, 0) is 0 Å². The van der Waals surface area contributed by atoms with Gasteiger partial charge in [-0.05, 0) is 18.9 Å². The van der Waals surface area contributed by atoms with Crippen LogP contribution < -0.4 is 0 Å². The van der Waals surface area contributed by atoms with Crippen LogP contribution in [0, 0.1) is 6.92 Å². The van der Waals surface area contributed by atoms with Gasteiger partial charge in [0.15, 0.2) is 5.82 Å². The maximum Gasteiger partial charge on any atom is 0.162 e. The summed E-state index contributed by atoms with van der Waals surface area (Å²) in [6.07, 6.45) is 0. The number of fused-ring (bicyclic) bond motifs is 1. The second-order valence-corrected chi connectivity index (χ2v) is 6.41. The summed E-state index contributed by atoms with van der Waals surface area (Å²) >= 11 is 8.06. The van der Waals surface area contributed by atoms with Gasteiger partial charge in [-0.25, -0.2) is 9.97 Å². The SMILES string of the molecule is Cc1nc(-c2csc3ccccc23)nc(Cl)c1C(C)C. The molecule has 0 amide bonds. The number of aryl methyl sites for hydroxylation is 1. The van der Waals surface area contributed by atoms with E-state index in [1.54, 1.807) is 11.3 Å². The average molecular weight is 303 g/mol. The first-order valence-electron chi connectivity index (χ1n) is 6.58. The highest BCUT2D eigenvalue weighted by molar-refractivity contribution is 7.17. The molecule has 0 saturated carbocycles. The molecule has 0 aliphatic heterocycles. The largest absolute Gasteiger partial charge is 0.233 e. The van der Waals surface area contributed by atoms with Gasteiger partial charge in [0.25, 0.3) is 0 Å². The minimum atomic E-state index is 0.329. The van der Waals surface area contributed by atoms with E-state index in [4.69, 9.17) is 11.6 Å². The molecule has 0 unspecified atom stereocenters. The van der Waals surface area contributed by atoms with Crippen molar-refractivity contribution >= 4 is 33.0 Å². The van der Waals surface area contributed by atoms with Gasteiger partial charge in [0.05, 0.1) is 0 Å². The van der Waals surface area contributed by atoms with Gasteiger partial charge in [0.1, 0.15) is 5.15 Å². The van der Waals surface area contributed by atoms with Crippen LogP contribution in [0.4, 0.5) is 0 Å². The lowest BCUT2D eigenvalue weighted by Crippen LogP contribution is -2.01. The molecule has 3 rings (SSSR count). The van der Waals surface area contributed by atoms with E-state index in [1.165, 1.54) is 10.1 Å². The molecule has 2 aromatic heterocycles. The third kappa shape index (κ3) is 2.21. The van der Waals surface area contributed by atoms with Gasteiger partial charge < -0.3 is 0 Å². The maximum absolute atomic E-state index is 6.35. The Labute approximate surface area is 127 Å². The number of benzene rings is 1. The average Bonchev–Trinajstić information content (AvgIpc) is 2.81. The molecule has 0 saturated heterocycles. The van der Waals surface area contributed by atoms with Crippen molar-refractivity contribution in [3.63, 3.8) is 0 Å². The Hall–Kier alpha value is -1.45. The second-order valence-electron chi connectivity index (χ2n) is 5.14. The summed E-state index contributed by atoms with van der Waals surface area (Å²) in [6, 6.07) is 8.30. The first-order valence-corrected chi connectivity index (χ1v) is 7.84. The van der Waals surface area contributed by atoms with Crippen LogP contribution in [0.2, 0.25) is 5.15 Å². The van der Waals surface area contributed by atoms with Gasteiger partial charge in [-0.15, -0.1) is 11.3 Å². The van der Waals surface area contributed by atoms with Gasteiger partial charge >= 0.3 is 0 Å². The summed E-state index contributed by atoms with van der Waals surface area (Å²) in [5.41, 5.74) is 3.06. The van der Waals surface area contributed by atoms with Crippen molar-refractivity contribution in [2.24, 2.45) is 0 Å². The molecule has 0 atom stereocenters. The van der Waals surface area contributed by atoms with E-state index in [2.05, 4.69) is 41.3 Å². The van der Waals surface area contributed by atoms with Crippen molar-refractivity contribution in [3.05, 3.63) is 46.1 Å². The Morgan fingerprint density at radius 3 is 2.60 bits per heavy atom. The second kappa shape index (κ2) is 5.15. The molecule has 2 heterocycles. The Kier molecular flexibility index (Phi) is 3.48. The van der Waals surface area contributed by atoms with Gasteiger partial charge in [0.2, 0.25) is 0 Å². The highest BCUT2D eigenvalue weighted by atomic mass is 35.5. The zero-order valence-corrected chi connectivity index (χ0v) is 13.2. The Morgan fingerprint density at radius 1 is 1.15 bits per heavy atom. The minimum Gasteiger partial charge on any atom is -0.233 e. The van der Waals surface area contributed by atoms with E-state index in [9.17, 15) is 0 Å². The number of thiophene rings is 1. The molecule has 0 aliphatic carbocycles. The quantitative estimate of drug-likeness (QED) is 0.589. The molecule has 20 heavy (non-hydrogen) atoms. The van der Waals surface area contributed by atoms with Crippen molar-refractivity contribution in [2.45, 2.75) is 26.7 Å². The van der Waals surface area contributed by atoms with Crippen LogP contribution >= 0.6 is 22.9 Å². The van der Waals surface area contributed by atoms with E-state index in [1.807, 2.05) is 19.1 Å². The normalized spacial score (nSPS) is 11.4. The first kappa shape index (κ1) is 13.5. The van der Waals surface area contributed by atoms with E-state index in [0.29, 0.717) is 16.9 Å². The van der Waals surface area contributed by atoms with Crippen molar-refractivity contribution in [2.75, 3.05) is 0 Å². The van der Waals surface area contributed by atoms with Gasteiger partial charge in [0, 0.05) is 32.3 Å². The first-order chi connectivity index (χ1) is 9.58. The van der Waals surface area contributed by atoms with Gasteiger partial charge in [-0.1, -0.05) is 43.6 Å². The Balaban J connectivity index is 2.20. The van der Waals surface area contributed by atoms with Crippen LogP contribution in [0.25, 0.3) is 21.5 Å². The molecule has 2 nitrogen and oxygen atoms in total. The van der Waals surface area contributed by atoms with Gasteiger partial charge in [-0.3, -0.25) is 0 Å². The molecule has 0 aliphatic rings. The predicted octanol–water partition coefficient (Wildman–Crippen LogP) is 5.44. The number of nitrogens with zero attached hydrogens (tertiary/aromatic N) is 2. The monoisotopic (exact) mass is 302 g/mol. The third-order valence-electron chi connectivity index (χ3n) is 3.39. The smallest absolute Gasteiger partial charge is 0.162 e. The van der Waals surface area contributed by atoms with Crippen molar-refractivity contribution in [3.8, 4) is 11.4 Å². The van der Waals surface area contributed by atoms with E-state index >= 15 is 0 Å². The molecular formula is C16H15ClN2S. The van der Waals surface area contributed by atoms with E-state index < -0.39 is 0 Å². The lowest BCUT2D eigenvalue weighted by Gasteiger charge is -2.12. The summed E-state index contributed by atoms with van der Waals surface area (Å²) in [5, 5.41) is 3.85. The maximum atomic E-state index is 6.35. The van der Waals surface area contributed by atoms with Crippen LogP contribution in [0.3, 0.4) is 0 Å². The Morgan fingerprint density at radius 2 is 1.90 bits per heavy atom. The third-order valence-corrected chi connectivity index (χ3v) is 4.64. The molecule has 0 N–H and O–H groups in total. The molecule has 0 radical (unpaired) electrons. The number of aromatic nitrogens is 2. The number of rotatable bonds is 2. The van der Waals surface area contributed by atoms with E-state index in [0.717, 1.165) is 16.8 Å². The van der Waals surface area contributed by atoms with E-state index in [-0.39, 0.29) is 0 Å². The number of hydrogen-bond acceptors (Lipinski definition) is 3. The highest BCUT2D eigenvalue weighted by Crippen LogP contribution is 2.34. The highest BCUT2D eigenvalue weighted by Gasteiger charge is 2.16. The van der Waals surface area contributed by atoms with Crippen molar-refractivity contribution < 1.29 is 0 Å². The zero-order valence-electron chi connectivity index (χ0n) is 11.6. The number of hydrogen-bond donors (Lipinski definition) is 0. The van der Waals surface area contributed by atoms with Crippen molar-refractivity contribution in [1.29, 1.82) is 0 Å². The molecule has 3 aromatic rings. The summed E-state index contributed by atoms with van der Waals surface area (Å²) in [6.45, 7) is 6.22. The standard InChI is InChI=1S/C16H15ClN2S/c1-9(2)14-10(3)18-16(19-15(14)17)12-8-20-13-7-5-4-6-11(12)13/h4-9H,1-3H3. The summed E-state index contributed by atoms with van der Waals surface area (Å²) in [7, 11) is 0. The molecule has 0 fully saturated rings. The van der Waals surface area contributed by atoms with Crippen LogP contribution in [0.15, 0.2) is 29.6 Å². The Bertz CT molecular complexity index is 754. The predicted molar refractivity (Wildman–Crippen MR) is 86.7 cm³/mol. The summed E-state index contributed by atoms with van der Waals surface area (Å²) in [4.78, 5) is 9.17. The molecule has 1 aromatic carbocycles. The molecular weight excluding hydrogens is 288 g/mol. The molecule has 4 heteroatoms. The summed E-state index contributed by atoms with van der Waals surface area (Å²) in [5.74, 6) is 1.05. The van der Waals surface area contributed by atoms with Crippen LogP contribution in [-0.4, -0.2) is 9.97 Å². The van der Waals surface area contributed by atoms with Crippen molar-refractivity contribution in [1.82, 2.24) is 9.97 Å².